The van der Waals surface area contributed by atoms with Crippen LogP contribution in [0.2, 0.25) is 0 Å². The van der Waals surface area contributed by atoms with E-state index in [-0.39, 0.29) is 5.78 Å². The van der Waals surface area contributed by atoms with Crippen molar-refractivity contribution in [1.29, 1.82) is 5.26 Å². The number of Topliss-reactive ketones (excluding diaryl/α,β-unsaturated/α-hetero) is 1. The fourth-order valence-corrected chi connectivity index (χ4v) is 1.06. The Hall–Kier alpha value is -1.62. The van der Waals surface area contributed by atoms with Crippen molar-refractivity contribution in [2.24, 2.45) is 5.41 Å². The first kappa shape index (κ1) is 10.5. The van der Waals surface area contributed by atoms with Gasteiger partial charge in [-0.25, -0.2) is 0 Å². The van der Waals surface area contributed by atoms with Gasteiger partial charge >= 0.3 is 0 Å². The van der Waals surface area contributed by atoms with Gasteiger partial charge in [0, 0.05) is 6.42 Å². The molecule has 0 bridgehead atoms. The summed E-state index contributed by atoms with van der Waals surface area (Å²) in [6, 6.07) is 11.5. The second kappa shape index (κ2) is 4.06. The molecule has 0 atom stereocenters. The number of carbonyl (C=O) groups excluding carboxylic acids is 1. The molecule has 1 aromatic rings. The average Bonchev–Trinajstić information content (AvgIpc) is 2.19. The van der Waals surface area contributed by atoms with Crippen LogP contribution in [0.15, 0.2) is 30.3 Å². The monoisotopic (exact) mass is 187 g/mol. The zero-order valence-electron chi connectivity index (χ0n) is 8.45. The zero-order valence-corrected chi connectivity index (χ0v) is 8.45. The molecule has 0 fully saturated rings. The molecule has 1 aromatic carbocycles. The second-order valence-electron chi connectivity index (χ2n) is 3.82. The Kier molecular flexibility index (Phi) is 3.03. The maximum absolute atomic E-state index is 11.6. The van der Waals surface area contributed by atoms with Gasteiger partial charge in [0.1, 0.15) is 5.41 Å². The van der Waals surface area contributed by atoms with Crippen molar-refractivity contribution < 1.29 is 4.79 Å². The molecule has 0 N–H and O–H groups in total. The molecule has 0 aliphatic carbocycles. The van der Waals surface area contributed by atoms with Gasteiger partial charge in [0.05, 0.1) is 6.07 Å². The fraction of sp³-hybridized carbons (Fsp3) is 0.333. The van der Waals surface area contributed by atoms with Gasteiger partial charge in [-0.2, -0.15) is 5.26 Å². The number of hydrogen-bond acceptors (Lipinski definition) is 2. The van der Waals surface area contributed by atoms with Crippen molar-refractivity contribution in [3.05, 3.63) is 35.9 Å². The van der Waals surface area contributed by atoms with Crippen LogP contribution >= 0.6 is 0 Å². The summed E-state index contributed by atoms with van der Waals surface area (Å²) in [4.78, 5) is 11.6. The van der Waals surface area contributed by atoms with Crippen molar-refractivity contribution in [1.82, 2.24) is 0 Å². The van der Waals surface area contributed by atoms with Crippen molar-refractivity contribution in [2.75, 3.05) is 0 Å². The minimum absolute atomic E-state index is 0.0359. The van der Waals surface area contributed by atoms with Crippen molar-refractivity contribution >= 4 is 5.78 Å². The summed E-state index contributed by atoms with van der Waals surface area (Å²) in [5.41, 5.74) is 0.0800. The average molecular weight is 187 g/mol. The van der Waals surface area contributed by atoms with Gasteiger partial charge in [-0.1, -0.05) is 30.3 Å². The van der Waals surface area contributed by atoms with E-state index >= 15 is 0 Å². The molecule has 2 heteroatoms. The Morgan fingerprint density at radius 1 is 1.36 bits per heavy atom. The van der Waals surface area contributed by atoms with E-state index in [1.807, 2.05) is 36.4 Å². The molecule has 0 aliphatic heterocycles. The molecule has 14 heavy (non-hydrogen) atoms. The van der Waals surface area contributed by atoms with Gasteiger partial charge < -0.3 is 0 Å². The second-order valence-corrected chi connectivity index (χ2v) is 3.82. The van der Waals surface area contributed by atoms with E-state index in [1.165, 1.54) is 0 Å². The van der Waals surface area contributed by atoms with Crippen molar-refractivity contribution in [3.8, 4) is 6.07 Å². The van der Waals surface area contributed by atoms with Crippen LogP contribution in [0.3, 0.4) is 0 Å². The van der Waals surface area contributed by atoms with Gasteiger partial charge in [0.2, 0.25) is 0 Å². The quantitative estimate of drug-likeness (QED) is 0.728. The molecule has 0 saturated heterocycles. The fourth-order valence-electron chi connectivity index (χ4n) is 1.06. The van der Waals surface area contributed by atoms with E-state index in [0.29, 0.717) is 6.42 Å². The highest BCUT2D eigenvalue weighted by molar-refractivity contribution is 5.88. The summed E-state index contributed by atoms with van der Waals surface area (Å²) < 4.78 is 0. The number of nitriles is 1. The molecule has 0 aromatic heterocycles. The van der Waals surface area contributed by atoms with Crippen LogP contribution in [0.4, 0.5) is 0 Å². The van der Waals surface area contributed by atoms with Crippen LogP contribution in [0, 0.1) is 16.7 Å². The lowest BCUT2D eigenvalue weighted by Gasteiger charge is -2.12. The molecular weight excluding hydrogens is 174 g/mol. The molecule has 0 amide bonds. The first-order valence-electron chi connectivity index (χ1n) is 4.55. The van der Waals surface area contributed by atoms with E-state index in [9.17, 15) is 4.79 Å². The summed E-state index contributed by atoms with van der Waals surface area (Å²) in [7, 11) is 0. The SMILES string of the molecule is CC(C)(C#N)C(=O)Cc1ccccc1. The molecule has 0 saturated carbocycles. The smallest absolute Gasteiger partial charge is 0.156 e. The van der Waals surface area contributed by atoms with Gasteiger partial charge in [-0.3, -0.25) is 4.79 Å². The largest absolute Gasteiger partial charge is 0.298 e. The van der Waals surface area contributed by atoms with E-state index < -0.39 is 5.41 Å². The predicted molar refractivity (Wildman–Crippen MR) is 54.5 cm³/mol. The molecule has 0 radical (unpaired) electrons. The van der Waals surface area contributed by atoms with E-state index in [1.54, 1.807) is 13.8 Å². The van der Waals surface area contributed by atoms with E-state index in [2.05, 4.69) is 0 Å². The maximum Gasteiger partial charge on any atom is 0.156 e. The first-order chi connectivity index (χ1) is 6.56. The first-order valence-corrected chi connectivity index (χ1v) is 4.55. The minimum atomic E-state index is -0.879. The van der Waals surface area contributed by atoms with Crippen LogP contribution in [0.5, 0.6) is 0 Å². The number of ketones is 1. The third-order valence-corrected chi connectivity index (χ3v) is 2.18. The Bertz CT molecular complexity index is 360. The molecule has 0 spiro atoms. The molecule has 1 rings (SSSR count). The summed E-state index contributed by atoms with van der Waals surface area (Å²) in [5, 5.41) is 8.77. The molecule has 0 heterocycles. The van der Waals surface area contributed by atoms with Gasteiger partial charge in [-0.15, -0.1) is 0 Å². The van der Waals surface area contributed by atoms with Crippen LogP contribution in [0.25, 0.3) is 0 Å². The molecular formula is C12H13NO. The molecule has 2 nitrogen and oxygen atoms in total. The van der Waals surface area contributed by atoms with Crippen molar-refractivity contribution in [2.45, 2.75) is 20.3 Å². The van der Waals surface area contributed by atoms with Gasteiger partial charge in [0.25, 0.3) is 0 Å². The van der Waals surface area contributed by atoms with Crippen LogP contribution in [0.1, 0.15) is 19.4 Å². The molecule has 0 unspecified atom stereocenters. The van der Waals surface area contributed by atoms with Crippen LogP contribution in [-0.4, -0.2) is 5.78 Å². The van der Waals surface area contributed by atoms with E-state index in [0.717, 1.165) is 5.56 Å². The Balaban J connectivity index is 2.73. The summed E-state index contributed by atoms with van der Waals surface area (Å²) in [6.45, 7) is 3.30. The van der Waals surface area contributed by atoms with Crippen LogP contribution < -0.4 is 0 Å². The van der Waals surface area contributed by atoms with Gasteiger partial charge in [-0.05, 0) is 19.4 Å². The topological polar surface area (TPSA) is 40.9 Å². The maximum atomic E-state index is 11.6. The third-order valence-electron chi connectivity index (χ3n) is 2.18. The lowest BCUT2D eigenvalue weighted by molar-refractivity contribution is -0.123. The van der Waals surface area contributed by atoms with E-state index in [4.69, 9.17) is 5.26 Å². The number of hydrogen-bond donors (Lipinski definition) is 0. The lowest BCUT2D eigenvalue weighted by atomic mass is 9.86. The highest BCUT2D eigenvalue weighted by Gasteiger charge is 2.26. The summed E-state index contributed by atoms with van der Waals surface area (Å²) >= 11 is 0. The number of rotatable bonds is 3. The zero-order chi connectivity index (χ0) is 10.6. The summed E-state index contributed by atoms with van der Waals surface area (Å²) in [6.07, 6.45) is 0.335. The van der Waals surface area contributed by atoms with Gasteiger partial charge in [0.15, 0.2) is 5.78 Å². The predicted octanol–water partition coefficient (Wildman–Crippen LogP) is 2.35. The normalized spacial score (nSPS) is 10.6. The Morgan fingerprint density at radius 2 is 1.93 bits per heavy atom. The minimum Gasteiger partial charge on any atom is -0.298 e. The molecule has 0 aliphatic rings. The third kappa shape index (κ3) is 2.43. The number of benzene rings is 1. The summed E-state index contributed by atoms with van der Waals surface area (Å²) in [5.74, 6) is -0.0359. The van der Waals surface area contributed by atoms with Crippen LogP contribution in [-0.2, 0) is 11.2 Å². The molecule has 72 valence electrons. The Labute approximate surface area is 84.2 Å². The Morgan fingerprint density at radius 3 is 2.43 bits per heavy atom. The highest BCUT2D eigenvalue weighted by Crippen LogP contribution is 2.17. The van der Waals surface area contributed by atoms with Crippen molar-refractivity contribution in [3.63, 3.8) is 0 Å². The number of nitrogens with zero attached hydrogens (tertiary/aromatic N) is 1. The highest BCUT2D eigenvalue weighted by atomic mass is 16.1. The number of carbonyl (C=O) groups is 1. The lowest BCUT2D eigenvalue weighted by Crippen LogP contribution is -2.23. The standard InChI is InChI=1S/C12H13NO/c1-12(2,9-13)11(14)8-10-6-4-3-5-7-10/h3-7H,8H2,1-2H3.